The number of carbonyl (C=O) groups excluding carboxylic acids is 1. The van der Waals surface area contributed by atoms with Crippen molar-refractivity contribution in [1.82, 2.24) is 9.88 Å². The summed E-state index contributed by atoms with van der Waals surface area (Å²) in [5.74, 6) is -1.77. The molecule has 0 radical (unpaired) electrons. The number of aromatic nitrogens is 1. The highest BCUT2D eigenvalue weighted by Crippen LogP contribution is 2.30. The van der Waals surface area contributed by atoms with Gasteiger partial charge in [0.15, 0.2) is 0 Å². The average Bonchev–Trinajstić information content (AvgIpc) is 3.32. The molecule has 0 N–H and O–H groups in total. The van der Waals surface area contributed by atoms with E-state index in [1.54, 1.807) is 17.3 Å². The summed E-state index contributed by atoms with van der Waals surface area (Å²) in [4.78, 5) is 18.0. The van der Waals surface area contributed by atoms with Gasteiger partial charge in [0.05, 0.1) is 5.56 Å². The third kappa shape index (κ3) is 3.07. The second kappa shape index (κ2) is 5.60. The van der Waals surface area contributed by atoms with Gasteiger partial charge in [-0.1, -0.05) is 0 Å². The van der Waals surface area contributed by atoms with E-state index in [4.69, 9.17) is 0 Å². The van der Waals surface area contributed by atoms with Crippen molar-refractivity contribution in [3.05, 3.63) is 65.5 Å². The van der Waals surface area contributed by atoms with Gasteiger partial charge in [-0.25, -0.2) is 8.78 Å². The van der Waals surface area contributed by atoms with Crippen LogP contribution in [-0.4, -0.2) is 21.8 Å². The first-order valence-electron chi connectivity index (χ1n) is 6.80. The average molecular weight is 288 g/mol. The number of rotatable bonds is 4. The maximum atomic E-state index is 13.8. The molecule has 2 aromatic rings. The lowest BCUT2D eigenvalue weighted by atomic mass is 10.1. The molecule has 3 nitrogen and oxygen atoms in total. The summed E-state index contributed by atoms with van der Waals surface area (Å²) < 4.78 is 27.0. The van der Waals surface area contributed by atoms with E-state index in [1.165, 1.54) is 0 Å². The number of hydrogen-bond acceptors (Lipinski definition) is 2. The van der Waals surface area contributed by atoms with Crippen molar-refractivity contribution < 1.29 is 13.6 Å². The summed E-state index contributed by atoms with van der Waals surface area (Å²) in [6, 6.07) is 6.68. The molecule has 108 valence electrons. The van der Waals surface area contributed by atoms with Crippen molar-refractivity contribution in [2.24, 2.45) is 0 Å². The van der Waals surface area contributed by atoms with Crippen LogP contribution in [0.3, 0.4) is 0 Å². The number of nitrogens with zero attached hydrogens (tertiary/aromatic N) is 2. The first-order valence-corrected chi connectivity index (χ1v) is 6.80. The Kier molecular flexibility index (Phi) is 3.64. The summed E-state index contributed by atoms with van der Waals surface area (Å²) in [5.41, 5.74) is 0.706. The van der Waals surface area contributed by atoms with Crippen LogP contribution in [0.25, 0.3) is 0 Å². The molecule has 0 unspecified atom stereocenters. The van der Waals surface area contributed by atoms with E-state index in [2.05, 4.69) is 4.98 Å². The highest BCUT2D eigenvalue weighted by atomic mass is 19.1. The summed E-state index contributed by atoms with van der Waals surface area (Å²) in [6.45, 7) is 0.377. The lowest BCUT2D eigenvalue weighted by molar-refractivity contribution is 0.0724. The minimum Gasteiger partial charge on any atom is -0.331 e. The van der Waals surface area contributed by atoms with Gasteiger partial charge in [0.1, 0.15) is 11.6 Å². The van der Waals surface area contributed by atoms with Crippen LogP contribution >= 0.6 is 0 Å². The van der Waals surface area contributed by atoms with Crippen LogP contribution in [0.4, 0.5) is 8.78 Å². The first-order chi connectivity index (χ1) is 10.1. The van der Waals surface area contributed by atoms with Gasteiger partial charge in [0, 0.05) is 25.0 Å². The Bertz CT molecular complexity index is 657. The predicted molar refractivity (Wildman–Crippen MR) is 73.5 cm³/mol. The monoisotopic (exact) mass is 288 g/mol. The summed E-state index contributed by atoms with van der Waals surface area (Å²) in [5, 5.41) is 0. The number of benzene rings is 1. The Balaban J connectivity index is 1.87. The Hall–Kier alpha value is -2.30. The van der Waals surface area contributed by atoms with Gasteiger partial charge in [-0.3, -0.25) is 9.78 Å². The van der Waals surface area contributed by atoms with Gasteiger partial charge in [-0.15, -0.1) is 0 Å². The molecule has 21 heavy (non-hydrogen) atoms. The third-order valence-corrected chi connectivity index (χ3v) is 3.51. The highest BCUT2D eigenvalue weighted by Gasteiger charge is 2.34. The van der Waals surface area contributed by atoms with Crippen molar-refractivity contribution in [2.45, 2.75) is 25.4 Å². The van der Waals surface area contributed by atoms with Gasteiger partial charge < -0.3 is 4.90 Å². The standard InChI is InChI=1S/C16H14F2N2O/c17-12-1-4-15(18)14(9-12)16(21)20(13-2-3-13)10-11-5-7-19-8-6-11/h1,4-9,13H,2-3,10H2. The first kappa shape index (κ1) is 13.7. The molecule has 0 bridgehead atoms. The second-order valence-electron chi connectivity index (χ2n) is 5.14. The van der Waals surface area contributed by atoms with E-state index < -0.39 is 17.5 Å². The molecule has 0 aliphatic heterocycles. The molecule has 3 rings (SSSR count). The fourth-order valence-corrected chi connectivity index (χ4v) is 2.25. The van der Waals surface area contributed by atoms with E-state index in [0.29, 0.717) is 6.54 Å². The van der Waals surface area contributed by atoms with Crippen LogP contribution in [-0.2, 0) is 6.54 Å². The largest absolute Gasteiger partial charge is 0.331 e. The van der Waals surface area contributed by atoms with Crippen LogP contribution in [0.5, 0.6) is 0 Å². The molecule has 5 heteroatoms. The Morgan fingerprint density at radius 3 is 2.57 bits per heavy atom. The number of halogens is 2. The number of pyridine rings is 1. The van der Waals surface area contributed by atoms with Crippen molar-refractivity contribution in [3.63, 3.8) is 0 Å². The third-order valence-electron chi connectivity index (χ3n) is 3.51. The fourth-order valence-electron chi connectivity index (χ4n) is 2.25. The molecule has 1 saturated carbocycles. The smallest absolute Gasteiger partial charge is 0.257 e. The van der Waals surface area contributed by atoms with Gasteiger partial charge >= 0.3 is 0 Å². The molecule has 0 saturated heterocycles. The van der Waals surface area contributed by atoms with E-state index in [0.717, 1.165) is 36.6 Å². The molecular formula is C16H14F2N2O. The molecule has 1 aliphatic rings. The van der Waals surface area contributed by atoms with Crippen molar-refractivity contribution >= 4 is 5.91 Å². The minimum atomic E-state index is -0.693. The number of amides is 1. The van der Waals surface area contributed by atoms with E-state index >= 15 is 0 Å². The summed E-state index contributed by atoms with van der Waals surface area (Å²) in [7, 11) is 0. The van der Waals surface area contributed by atoms with E-state index in [-0.39, 0.29) is 11.6 Å². The molecule has 1 aliphatic carbocycles. The van der Waals surface area contributed by atoms with Crippen LogP contribution in [0.2, 0.25) is 0 Å². The van der Waals surface area contributed by atoms with Gasteiger partial charge in [0.2, 0.25) is 0 Å². The zero-order valence-corrected chi connectivity index (χ0v) is 11.3. The maximum Gasteiger partial charge on any atom is 0.257 e. The quantitative estimate of drug-likeness (QED) is 0.865. The highest BCUT2D eigenvalue weighted by molar-refractivity contribution is 5.94. The SMILES string of the molecule is O=C(c1cc(F)ccc1F)N(Cc1ccncc1)C1CC1. The zero-order chi connectivity index (χ0) is 14.8. The lowest BCUT2D eigenvalue weighted by Gasteiger charge is -2.23. The molecule has 0 spiro atoms. The number of carbonyl (C=O) groups is 1. The van der Waals surface area contributed by atoms with Crippen LogP contribution in [0, 0.1) is 11.6 Å². The van der Waals surface area contributed by atoms with Crippen LogP contribution < -0.4 is 0 Å². The maximum absolute atomic E-state index is 13.8. The van der Waals surface area contributed by atoms with Crippen molar-refractivity contribution in [1.29, 1.82) is 0 Å². The fraction of sp³-hybridized carbons (Fsp3) is 0.250. The molecule has 1 amide bonds. The van der Waals surface area contributed by atoms with Crippen molar-refractivity contribution in [3.8, 4) is 0 Å². The zero-order valence-electron chi connectivity index (χ0n) is 11.3. The minimum absolute atomic E-state index is 0.105. The summed E-state index contributed by atoms with van der Waals surface area (Å²) >= 11 is 0. The normalized spacial score (nSPS) is 14.0. The van der Waals surface area contributed by atoms with Crippen molar-refractivity contribution in [2.75, 3.05) is 0 Å². The lowest BCUT2D eigenvalue weighted by Crippen LogP contribution is -2.33. The van der Waals surface area contributed by atoms with Gasteiger partial charge in [-0.05, 0) is 48.7 Å². The van der Waals surface area contributed by atoms with Gasteiger partial charge in [-0.2, -0.15) is 0 Å². The molecule has 1 heterocycles. The Morgan fingerprint density at radius 2 is 1.90 bits per heavy atom. The molecule has 1 fully saturated rings. The van der Waals surface area contributed by atoms with E-state index in [9.17, 15) is 13.6 Å². The number of hydrogen-bond donors (Lipinski definition) is 0. The Morgan fingerprint density at radius 1 is 1.19 bits per heavy atom. The summed E-state index contributed by atoms with van der Waals surface area (Å²) in [6.07, 6.45) is 5.09. The van der Waals surface area contributed by atoms with Crippen LogP contribution in [0.15, 0.2) is 42.7 Å². The van der Waals surface area contributed by atoms with Gasteiger partial charge in [0.25, 0.3) is 5.91 Å². The topological polar surface area (TPSA) is 33.2 Å². The molecule has 1 aromatic heterocycles. The second-order valence-corrected chi connectivity index (χ2v) is 5.14. The van der Waals surface area contributed by atoms with E-state index in [1.807, 2.05) is 12.1 Å². The van der Waals surface area contributed by atoms with Crippen LogP contribution in [0.1, 0.15) is 28.8 Å². The predicted octanol–water partition coefficient (Wildman–Crippen LogP) is 3.16. The molecule has 0 atom stereocenters. The Labute approximate surface area is 121 Å². The molecular weight excluding hydrogens is 274 g/mol. The molecule has 1 aromatic carbocycles.